The smallest absolute Gasteiger partial charge is 0.193 e. The lowest BCUT2D eigenvalue weighted by molar-refractivity contribution is 0.103. The second kappa shape index (κ2) is 5.30. The first-order valence-corrected chi connectivity index (χ1v) is 7.44. The molecule has 1 nitrogen and oxygen atoms in total. The fourth-order valence-corrected chi connectivity index (χ4v) is 2.96. The van der Waals surface area contributed by atoms with Crippen LogP contribution in [0, 0.1) is 0 Å². The maximum Gasteiger partial charge on any atom is 0.193 e. The van der Waals surface area contributed by atoms with Crippen LogP contribution in [0.3, 0.4) is 0 Å². The molecule has 1 aliphatic rings. The third-order valence-corrected chi connectivity index (χ3v) is 4.33. The van der Waals surface area contributed by atoms with Crippen LogP contribution in [0.4, 0.5) is 0 Å². The van der Waals surface area contributed by atoms with E-state index in [2.05, 4.69) is 22.0 Å². The molecule has 1 saturated carbocycles. The average molecular weight is 315 g/mol. The van der Waals surface area contributed by atoms with Gasteiger partial charge < -0.3 is 0 Å². The molecule has 0 atom stereocenters. The second-order valence-electron chi connectivity index (χ2n) is 5.05. The van der Waals surface area contributed by atoms with E-state index >= 15 is 0 Å². The molecule has 19 heavy (non-hydrogen) atoms. The molecule has 0 aromatic heterocycles. The minimum Gasteiger partial charge on any atom is -0.289 e. The highest BCUT2D eigenvalue weighted by Crippen LogP contribution is 2.38. The van der Waals surface area contributed by atoms with Gasteiger partial charge in [0.2, 0.25) is 0 Å². The van der Waals surface area contributed by atoms with Gasteiger partial charge in [-0.05, 0) is 36.5 Å². The van der Waals surface area contributed by atoms with Gasteiger partial charge >= 0.3 is 0 Å². The Bertz CT molecular complexity index is 614. The highest BCUT2D eigenvalue weighted by Gasteiger charge is 2.24. The van der Waals surface area contributed by atoms with Crippen LogP contribution in [0.2, 0.25) is 0 Å². The van der Waals surface area contributed by atoms with Gasteiger partial charge in [0, 0.05) is 15.6 Å². The molecular formula is C17H15BrO. The fraction of sp³-hybridized carbons (Fsp3) is 0.235. The number of halogens is 1. The molecule has 96 valence electrons. The zero-order chi connectivity index (χ0) is 13.2. The van der Waals surface area contributed by atoms with Crippen LogP contribution in [0.5, 0.6) is 0 Å². The Labute approximate surface area is 121 Å². The summed E-state index contributed by atoms with van der Waals surface area (Å²) in [7, 11) is 0. The van der Waals surface area contributed by atoms with Crippen LogP contribution in [0.15, 0.2) is 53.0 Å². The van der Waals surface area contributed by atoms with Crippen molar-refractivity contribution in [3.8, 4) is 0 Å². The van der Waals surface area contributed by atoms with E-state index in [-0.39, 0.29) is 5.78 Å². The number of hydrogen-bond acceptors (Lipinski definition) is 1. The van der Waals surface area contributed by atoms with Crippen molar-refractivity contribution in [1.29, 1.82) is 0 Å². The van der Waals surface area contributed by atoms with Gasteiger partial charge in [-0.3, -0.25) is 4.79 Å². The second-order valence-corrected chi connectivity index (χ2v) is 5.97. The maximum atomic E-state index is 12.6. The number of hydrogen-bond donors (Lipinski definition) is 0. The van der Waals surface area contributed by atoms with Crippen molar-refractivity contribution < 1.29 is 4.79 Å². The Kier molecular flexibility index (Phi) is 3.52. The fourth-order valence-electron chi connectivity index (χ4n) is 2.56. The minimum absolute atomic E-state index is 0.129. The highest BCUT2D eigenvalue weighted by atomic mass is 79.9. The molecule has 0 amide bonds. The molecule has 0 N–H and O–H groups in total. The Morgan fingerprint density at radius 1 is 1.05 bits per heavy atom. The summed E-state index contributed by atoms with van der Waals surface area (Å²) in [6, 6.07) is 15.7. The number of carbonyl (C=O) groups excluding carboxylic acids is 1. The zero-order valence-electron chi connectivity index (χ0n) is 10.6. The van der Waals surface area contributed by atoms with E-state index < -0.39 is 0 Å². The lowest BCUT2D eigenvalue weighted by atomic mass is 9.77. The molecule has 0 unspecified atom stereocenters. The van der Waals surface area contributed by atoms with E-state index in [1.807, 2.05) is 42.5 Å². The van der Waals surface area contributed by atoms with E-state index in [0.717, 1.165) is 15.6 Å². The summed E-state index contributed by atoms with van der Waals surface area (Å²) >= 11 is 3.42. The SMILES string of the molecule is O=C(c1cccc(Br)c1)c1ccccc1C1CCC1. The number of carbonyl (C=O) groups is 1. The predicted octanol–water partition coefficient (Wildman–Crippen LogP) is 4.95. The van der Waals surface area contributed by atoms with Gasteiger partial charge in [-0.1, -0.05) is 58.7 Å². The largest absolute Gasteiger partial charge is 0.289 e. The molecule has 2 heteroatoms. The summed E-state index contributed by atoms with van der Waals surface area (Å²) in [5, 5.41) is 0. The van der Waals surface area contributed by atoms with Crippen molar-refractivity contribution in [2.24, 2.45) is 0 Å². The van der Waals surface area contributed by atoms with Crippen LogP contribution in [0.25, 0.3) is 0 Å². The van der Waals surface area contributed by atoms with Gasteiger partial charge in [0.25, 0.3) is 0 Å². The van der Waals surface area contributed by atoms with E-state index in [1.165, 1.54) is 24.8 Å². The van der Waals surface area contributed by atoms with Crippen LogP contribution < -0.4 is 0 Å². The van der Waals surface area contributed by atoms with E-state index in [4.69, 9.17) is 0 Å². The van der Waals surface area contributed by atoms with Gasteiger partial charge in [0.1, 0.15) is 0 Å². The van der Waals surface area contributed by atoms with Crippen LogP contribution in [0.1, 0.15) is 46.7 Å². The molecule has 0 spiro atoms. The lowest BCUT2D eigenvalue weighted by Crippen LogP contribution is -2.14. The van der Waals surface area contributed by atoms with Crippen molar-refractivity contribution in [2.75, 3.05) is 0 Å². The Balaban J connectivity index is 1.99. The summed E-state index contributed by atoms with van der Waals surface area (Å²) < 4.78 is 0.944. The first kappa shape index (κ1) is 12.6. The summed E-state index contributed by atoms with van der Waals surface area (Å²) in [5.41, 5.74) is 2.84. The van der Waals surface area contributed by atoms with Crippen molar-refractivity contribution >= 4 is 21.7 Å². The van der Waals surface area contributed by atoms with Gasteiger partial charge in [0.05, 0.1) is 0 Å². The third kappa shape index (κ3) is 2.50. The normalized spacial score (nSPS) is 15.0. The summed E-state index contributed by atoms with van der Waals surface area (Å²) in [4.78, 5) is 12.6. The van der Waals surface area contributed by atoms with Crippen molar-refractivity contribution in [3.05, 3.63) is 69.7 Å². The molecule has 3 rings (SSSR count). The van der Waals surface area contributed by atoms with Gasteiger partial charge in [-0.15, -0.1) is 0 Å². The first-order chi connectivity index (χ1) is 9.25. The molecule has 0 bridgehead atoms. The van der Waals surface area contributed by atoms with Gasteiger partial charge in [-0.2, -0.15) is 0 Å². The quantitative estimate of drug-likeness (QED) is 0.733. The van der Waals surface area contributed by atoms with E-state index in [9.17, 15) is 4.79 Å². The Morgan fingerprint density at radius 2 is 1.84 bits per heavy atom. The van der Waals surface area contributed by atoms with Crippen molar-refractivity contribution in [3.63, 3.8) is 0 Å². The Morgan fingerprint density at radius 3 is 2.53 bits per heavy atom. The number of ketones is 1. The standard InChI is InChI=1S/C17H15BrO/c18-14-8-4-7-13(11-14)17(19)16-10-2-1-9-15(16)12-5-3-6-12/h1-2,4,7-12H,3,5-6H2. The monoisotopic (exact) mass is 314 g/mol. The average Bonchev–Trinajstić information content (AvgIpc) is 2.37. The highest BCUT2D eigenvalue weighted by molar-refractivity contribution is 9.10. The Hall–Kier alpha value is -1.41. The maximum absolute atomic E-state index is 12.6. The topological polar surface area (TPSA) is 17.1 Å². The summed E-state index contributed by atoms with van der Waals surface area (Å²) in [6.07, 6.45) is 3.70. The lowest BCUT2D eigenvalue weighted by Gasteiger charge is -2.27. The number of rotatable bonds is 3. The van der Waals surface area contributed by atoms with Gasteiger partial charge in [0.15, 0.2) is 5.78 Å². The van der Waals surface area contributed by atoms with Crippen LogP contribution in [-0.4, -0.2) is 5.78 Å². The molecule has 2 aromatic rings. The molecule has 2 aromatic carbocycles. The summed E-state index contributed by atoms with van der Waals surface area (Å²) in [5.74, 6) is 0.705. The third-order valence-electron chi connectivity index (χ3n) is 3.84. The zero-order valence-corrected chi connectivity index (χ0v) is 12.2. The predicted molar refractivity (Wildman–Crippen MR) is 80.6 cm³/mol. The van der Waals surface area contributed by atoms with E-state index in [1.54, 1.807) is 0 Å². The van der Waals surface area contributed by atoms with E-state index in [0.29, 0.717) is 5.92 Å². The minimum atomic E-state index is 0.129. The van der Waals surface area contributed by atoms with Gasteiger partial charge in [-0.25, -0.2) is 0 Å². The molecule has 0 radical (unpaired) electrons. The molecule has 0 aliphatic heterocycles. The van der Waals surface area contributed by atoms with Crippen molar-refractivity contribution in [2.45, 2.75) is 25.2 Å². The molecule has 0 saturated heterocycles. The van der Waals surface area contributed by atoms with Crippen LogP contribution in [-0.2, 0) is 0 Å². The molecule has 1 aliphatic carbocycles. The number of benzene rings is 2. The van der Waals surface area contributed by atoms with Crippen LogP contribution >= 0.6 is 15.9 Å². The molecule has 1 fully saturated rings. The summed E-state index contributed by atoms with van der Waals surface area (Å²) in [6.45, 7) is 0. The molecular weight excluding hydrogens is 300 g/mol. The van der Waals surface area contributed by atoms with Crippen molar-refractivity contribution in [1.82, 2.24) is 0 Å². The first-order valence-electron chi connectivity index (χ1n) is 6.65. The molecule has 0 heterocycles.